The van der Waals surface area contributed by atoms with E-state index in [4.69, 9.17) is 25.8 Å². The predicted octanol–water partition coefficient (Wildman–Crippen LogP) is 6.48. The van der Waals surface area contributed by atoms with Crippen LogP contribution in [0.4, 0.5) is 5.69 Å². The van der Waals surface area contributed by atoms with Crippen molar-refractivity contribution in [1.82, 2.24) is 0 Å². The lowest BCUT2D eigenvalue weighted by atomic mass is 10.1. The molecule has 0 saturated carbocycles. The number of hydrogen-bond acceptors (Lipinski definition) is 7. The average Bonchev–Trinajstić information content (AvgIpc) is 3.19. The largest absolute Gasteiger partial charge is 0.490 e. The summed E-state index contributed by atoms with van der Waals surface area (Å²) in [5, 5.41) is 11.2. The van der Waals surface area contributed by atoms with Gasteiger partial charge in [-0.3, -0.25) is 10.1 Å². The lowest BCUT2D eigenvalue weighted by molar-refractivity contribution is -0.384. The molecule has 0 amide bonds. The van der Waals surface area contributed by atoms with Gasteiger partial charge in [0, 0.05) is 11.6 Å². The third-order valence-corrected chi connectivity index (χ3v) is 6.23. The van der Waals surface area contributed by atoms with E-state index in [1.807, 2.05) is 38.1 Å². The average molecular weight is 619 g/mol. The Kier molecular flexibility index (Phi) is 7.90. The second-order valence-electron chi connectivity index (χ2n) is 7.80. The maximum Gasteiger partial charge on any atom is 0.363 e. The molecule has 0 fully saturated rings. The Bertz CT molecular complexity index is 1420. The number of hydrogen-bond donors (Lipinski definition) is 0. The van der Waals surface area contributed by atoms with E-state index in [1.54, 1.807) is 12.1 Å². The second-order valence-corrected chi connectivity index (χ2v) is 9.37. The van der Waals surface area contributed by atoms with Crippen molar-refractivity contribution < 1.29 is 23.9 Å². The summed E-state index contributed by atoms with van der Waals surface area (Å²) in [6.07, 6.45) is 1.56. The Balaban J connectivity index is 1.63. The normalized spacial score (nSPS) is 13.9. The van der Waals surface area contributed by atoms with Gasteiger partial charge in [0.05, 0.1) is 15.1 Å². The molecule has 0 aromatic heterocycles. The Morgan fingerprint density at radius 2 is 1.97 bits per heavy atom. The lowest BCUT2D eigenvalue weighted by Crippen LogP contribution is -2.06. The fourth-order valence-electron chi connectivity index (χ4n) is 3.51. The molecule has 8 nitrogen and oxygen atoms in total. The first-order valence-electron chi connectivity index (χ1n) is 10.9. The van der Waals surface area contributed by atoms with Crippen LogP contribution in [0.2, 0.25) is 5.02 Å². The highest BCUT2D eigenvalue weighted by atomic mass is 127. The van der Waals surface area contributed by atoms with Crippen molar-refractivity contribution >= 4 is 57.8 Å². The van der Waals surface area contributed by atoms with E-state index < -0.39 is 10.9 Å². The third kappa shape index (κ3) is 5.85. The zero-order chi connectivity index (χ0) is 25.8. The molecule has 1 aliphatic rings. The van der Waals surface area contributed by atoms with Crippen LogP contribution in [0.3, 0.4) is 0 Å². The van der Waals surface area contributed by atoms with Gasteiger partial charge in [-0.1, -0.05) is 41.4 Å². The van der Waals surface area contributed by atoms with Crippen LogP contribution in [0.5, 0.6) is 11.5 Å². The molecule has 184 valence electrons. The molecule has 4 rings (SSSR count). The van der Waals surface area contributed by atoms with Crippen LogP contribution in [-0.4, -0.2) is 23.4 Å². The number of benzene rings is 3. The first-order valence-corrected chi connectivity index (χ1v) is 12.3. The van der Waals surface area contributed by atoms with E-state index in [1.165, 1.54) is 18.2 Å². The van der Waals surface area contributed by atoms with Crippen LogP contribution in [0.25, 0.3) is 6.08 Å². The van der Waals surface area contributed by atoms with Gasteiger partial charge >= 0.3 is 5.97 Å². The smallest absolute Gasteiger partial charge is 0.363 e. The number of carbonyl (C=O) groups excluding carboxylic acids is 1. The summed E-state index contributed by atoms with van der Waals surface area (Å²) >= 11 is 8.03. The quantitative estimate of drug-likeness (QED) is 0.0942. The minimum atomic E-state index is -0.671. The number of rotatable bonds is 8. The van der Waals surface area contributed by atoms with Crippen molar-refractivity contribution in [3.8, 4) is 11.5 Å². The zero-order valence-electron chi connectivity index (χ0n) is 19.3. The molecule has 0 unspecified atom stereocenters. The van der Waals surface area contributed by atoms with Crippen LogP contribution in [-0.2, 0) is 16.1 Å². The van der Waals surface area contributed by atoms with Crippen molar-refractivity contribution in [3.63, 3.8) is 0 Å². The molecule has 0 atom stereocenters. The van der Waals surface area contributed by atoms with Gasteiger partial charge in [-0.05, 0) is 77.9 Å². The molecule has 10 heteroatoms. The van der Waals surface area contributed by atoms with Crippen LogP contribution >= 0.6 is 34.2 Å². The molecule has 3 aromatic carbocycles. The monoisotopic (exact) mass is 618 g/mol. The number of nitro benzene ring substituents is 1. The molecule has 0 N–H and O–H groups in total. The van der Waals surface area contributed by atoms with E-state index in [2.05, 4.69) is 33.6 Å². The standard InChI is InChI=1S/C26H20ClIN2O6/c1-3-34-23-12-17(10-20(28)24(23)35-14-16-6-4-5-15(2)9-16)11-21-26(31)36-25(29-21)18-7-8-19(27)22(13-18)30(32)33/h4-13H,3,14H2,1-2H3/b21-11-. The van der Waals surface area contributed by atoms with E-state index >= 15 is 0 Å². The number of esters is 1. The number of halogens is 2. The van der Waals surface area contributed by atoms with Crippen molar-refractivity contribution in [3.05, 3.63) is 101 Å². The molecular formula is C26H20ClIN2O6. The summed E-state index contributed by atoms with van der Waals surface area (Å²) in [5.41, 5.74) is 2.86. The summed E-state index contributed by atoms with van der Waals surface area (Å²) in [7, 11) is 0. The Labute approximate surface area is 225 Å². The van der Waals surface area contributed by atoms with Crippen LogP contribution in [0.1, 0.15) is 29.2 Å². The second kappa shape index (κ2) is 11.1. The minimum absolute atomic E-state index is 0.0211. The molecule has 0 bridgehead atoms. The highest BCUT2D eigenvalue weighted by molar-refractivity contribution is 14.1. The van der Waals surface area contributed by atoms with Crippen molar-refractivity contribution in [2.75, 3.05) is 6.61 Å². The fourth-order valence-corrected chi connectivity index (χ4v) is 4.48. The summed E-state index contributed by atoms with van der Waals surface area (Å²) in [6.45, 7) is 4.71. The Morgan fingerprint density at radius 1 is 1.17 bits per heavy atom. The maximum absolute atomic E-state index is 12.5. The van der Waals surface area contributed by atoms with Gasteiger partial charge in [-0.25, -0.2) is 9.79 Å². The number of nitrogens with zero attached hydrogens (tertiary/aromatic N) is 2. The van der Waals surface area contributed by atoms with E-state index in [9.17, 15) is 14.9 Å². The topological polar surface area (TPSA) is 100 Å². The van der Waals surface area contributed by atoms with Crippen molar-refractivity contribution in [2.24, 2.45) is 4.99 Å². The number of aliphatic imine (C=N–C) groups is 1. The molecular weight excluding hydrogens is 599 g/mol. The van der Waals surface area contributed by atoms with Crippen molar-refractivity contribution in [1.29, 1.82) is 0 Å². The molecule has 1 aliphatic heterocycles. The molecule has 0 aliphatic carbocycles. The van der Waals surface area contributed by atoms with Crippen LogP contribution in [0.15, 0.2) is 65.3 Å². The zero-order valence-corrected chi connectivity index (χ0v) is 22.2. The van der Waals surface area contributed by atoms with Gasteiger partial charge in [0.15, 0.2) is 17.2 Å². The first kappa shape index (κ1) is 25.6. The Morgan fingerprint density at radius 3 is 2.69 bits per heavy atom. The number of carbonyl (C=O) groups is 1. The highest BCUT2D eigenvalue weighted by Gasteiger charge is 2.26. The van der Waals surface area contributed by atoms with Gasteiger partial charge in [-0.2, -0.15) is 0 Å². The van der Waals surface area contributed by atoms with E-state index in [0.717, 1.165) is 14.7 Å². The molecule has 1 heterocycles. The summed E-state index contributed by atoms with van der Waals surface area (Å²) in [5.74, 6) is 0.430. The summed E-state index contributed by atoms with van der Waals surface area (Å²) < 4.78 is 17.9. The predicted molar refractivity (Wildman–Crippen MR) is 145 cm³/mol. The van der Waals surface area contributed by atoms with E-state index in [0.29, 0.717) is 30.3 Å². The molecule has 0 spiro atoms. The molecule has 36 heavy (non-hydrogen) atoms. The van der Waals surface area contributed by atoms with Crippen LogP contribution in [0, 0.1) is 20.6 Å². The minimum Gasteiger partial charge on any atom is -0.490 e. The van der Waals surface area contributed by atoms with Crippen molar-refractivity contribution in [2.45, 2.75) is 20.5 Å². The number of cyclic esters (lactones) is 1. The summed E-state index contributed by atoms with van der Waals surface area (Å²) in [6, 6.07) is 15.7. The Hall–Kier alpha value is -3.44. The van der Waals surface area contributed by atoms with Gasteiger partial charge < -0.3 is 14.2 Å². The molecule has 0 radical (unpaired) electrons. The summed E-state index contributed by atoms with van der Waals surface area (Å²) in [4.78, 5) is 27.3. The molecule has 3 aromatic rings. The van der Waals surface area contributed by atoms with Gasteiger partial charge in [0.2, 0.25) is 5.90 Å². The first-order chi connectivity index (χ1) is 17.2. The third-order valence-electron chi connectivity index (χ3n) is 5.11. The lowest BCUT2D eigenvalue weighted by Gasteiger charge is -2.15. The molecule has 0 saturated heterocycles. The number of nitro groups is 1. The fraction of sp³-hybridized carbons (Fsp3) is 0.154. The van der Waals surface area contributed by atoms with Gasteiger partial charge in [0.25, 0.3) is 5.69 Å². The maximum atomic E-state index is 12.5. The van der Waals surface area contributed by atoms with Gasteiger partial charge in [-0.15, -0.1) is 0 Å². The number of aryl methyl sites for hydroxylation is 1. The SMILES string of the molecule is CCOc1cc(/C=C2\N=C(c3ccc(Cl)c([N+](=O)[O-])c3)OC2=O)cc(I)c1OCc1cccc(C)c1. The highest BCUT2D eigenvalue weighted by Crippen LogP contribution is 2.36. The van der Waals surface area contributed by atoms with E-state index in [-0.39, 0.29) is 27.9 Å². The van der Waals surface area contributed by atoms with Gasteiger partial charge in [0.1, 0.15) is 11.6 Å². The number of ether oxygens (including phenoxy) is 3. The van der Waals surface area contributed by atoms with Crippen LogP contribution < -0.4 is 9.47 Å².